The van der Waals surface area contributed by atoms with Crippen molar-refractivity contribution in [3.05, 3.63) is 46.3 Å². The van der Waals surface area contributed by atoms with Crippen LogP contribution in [-0.4, -0.2) is 36.1 Å². The van der Waals surface area contributed by atoms with Crippen LogP contribution < -0.4 is 9.80 Å². The van der Waals surface area contributed by atoms with Crippen LogP contribution in [0.3, 0.4) is 0 Å². The molecule has 6 heteroatoms. The molecule has 2 heterocycles. The predicted molar refractivity (Wildman–Crippen MR) is 87.7 cm³/mol. The molecule has 1 saturated heterocycles. The Morgan fingerprint density at radius 3 is 2.43 bits per heavy atom. The van der Waals surface area contributed by atoms with E-state index in [1.165, 1.54) is 0 Å². The molecule has 0 amide bonds. The number of hydrogen-bond acceptors (Lipinski definition) is 4. The van der Waals surface area contributed by atoms with E-state index in [-0.39, 0.29) is 0 Å². The summed E-state index contributed by atoms with van der Waals surface area (Å²) in [6.07, 6.45) is 1.62. The lowest BCUT2D eigenvalue weighted by atomic mass is 10.2. The van der Waals surface area contributed by atoms with Gasteiger partial charge in [0.05, 0.1) is 15.7 Å². The SMILES string of the molecule is Cc1cc(N2CCN(c3cccc(Cl)c3Cl)CC2)ncn1. The molecular formula is C15H16Cl2N4. The van der Waals surface area contributed by atoms with E-state index in [2.05, 4.69) is 19.8 Å². The van der Waals surface area contributed by atoms with Crippen molar-refractivity contribution < 1.29 is 0 Å². The monoisotopic (exact) mass is 322 g/mol. The van der Waals surface area contributed by atoms with E-state index in [1.54, 1.807) is 6.33 Å². The average molecular weight is 323 g/mol. The molecule has 0 spiro atoms. The second-order valence-corrected chi connectivity index (χ2v) is 5.85. The summed E-state index contributed by atoms with van der Waals surface area (Å²) in [5, 5.41) is 1.23. The van der Waals surface area contributed by atoms with Gasteiger partial charge in [-0.15, -0.1) is 0 Å². The van der Waals surface area contributed by atoms with Crippen LogP contribution in [0.4, 0.5) is 11.5 Å². The Kier molecular flexibility index (Phi) is 4.17. The number of hydrogen-bond donors (Lipinski definition) is 0. The highest BCUT2D eigenvalue weighted by Crippen LogP contribution is 2.33. The normalized spacial score (nSPS) is 15.4. The molecule has 0 radical (unpaired) electrons. The quantitative estimate of drug-likeness (QED) is 0.848. The van der Waals surface area contributed by atoms with Gasteiger partial charge in [0.25, 0.3) is 0 Å². The molecular weight excluding hydrogens is 307 g/mol. The Morgan fingerprint density at radius 1 is 1.00 bits per heavy atom. The molecule has 0 atom stereocenters. The summed E-state index contributed by atoms with van der Waals surface area (Å²) in [5.74, 6) is 0.986. The van der Waals surface area contributed by atoms with Gasteiger partial charge in [-0.05, 0) is 19.1 Å². The second kappa shape index (κ2) is 6.08. The maximum Gasteiger partial charge on any atom is 0.132 e. The van der Waals surface area contributed by atoms with Crippen molar-refractivity contribution in [2.45, 2.75) is 6.92 Å². The van der Waals surface area contributed by atoms with Crippen molar-refractivity contribution in [1.82, 2.24) is 9.97 Å². The topological polar surface area (TPSA) is 32.3 Å². The lowest BCUT2D eigenvalue weighted by Gasteiger charge is -2.37. The van der Waals surface area contributed by atoms with Gasteiger partial charge in [-0.2, -0.15) is 0 Å². The molecule has 2 aromatic rings. The van der Waals surface area contributed by atoms with Crippen LogP contribution in [0.1, 0.15) is 5.69 Å². The third kappa shape index (κ3) is 3.06. The number of rotatable bonds is 2. The van der Waals surface area contributed by atoms with E-state index < -0.39 is 0 Å². The van der Waals surface area contributed by atoms with E-state index in [1.807, 2.05) is 31.2 Å². The van der Waals surface area contributed by atoms with Gasteiger partial charge >= 0.3 is 0 Å². The van der Waals surface area contributed by atoms with Gasteiger partial charge in [-0.1, -0.05) is 29.3 Å². The Hall–Kier alpha value is -1.52. The number of halogens is 2. The highest BCUT2D eigenvalue weighted by atomic mass is 35.5. The van der Waals surface area contributed by atoms with E-state index >= 15 is 0 Å². The van der Waals surface area contributed by atoms with Crippen molar-refractivity contribution in [1.29, 1.82) is 0 Å². The van der Waals surface area contributed by atoms with Crippen LogP contribution in [0.2, 0.25) is 10.0 Å². The van der Waals surface area contributed by atoms with Crippen molar-refractivity contribution in [3.8, 4) is 0 Å². The van der Waals surface area contributed by atoms with Gasteiger partial charge in [0.2, 0.25) is 0 Å². The molecule has 0 N–H and O–H groups in total. The third-order valence-corrected chi connectivity index (χ3v) is 4.47. The fourth-order valence-corrected chi connectivity index (χ4v) is 2.94. The fraction of sp³-hybridized carbons (Fsp3) is 0.333. The Balaban J connectivity index is 1.72. The maximum atomic E-state index is 6.29. The summed E-state index contributed by atoms with van der Waals surface area (Å²) in [4.78, 5) is 13.0. The second-order valence-electron chi connectivity index (χ2n) is 5.06. The van der Waals surface area contributed by atoms with E-state index in [0.717, 1.165) is 43.4 Å². The smallest absolute Gasteiger partial charge is 0.132 e. The lowest BCUT2D eigenvalue weighted by Crippen LogP contribution is -2.47. The van der Waals surface area contributed by atoms with Gasteiger partial charge in [-0.25, -0.2) is 9.97 Å². The fourth-order valence-electron chi connectivity index (χ4n) is 2.53. The van der Waals surface area contributed by atoms with Crippen molar-refractivity contribution in [2.24, 2.45) is 0 Å². The van der Waals surface area contributed by atoms with E-state index in [4.69, 9.17) is 23.2 Å². The van der Waals surface area contributed by atoms with E-state index in [0.29, 0.717) is 10.0 Å². The number of nitrogens with zero attached hydrogens (tertiary/aromatic N) is 4. The standard InChI is InChI=1S/C15H16Cl2N4/c1-11-9-14(19-10-18-11)21-7-5-20(6-8-21)13-4-2-3-12(16)15(13)17/h2-4,9-10H,5-8H2,1H3. The summed E-state index contributed by atoms with van der Waals surface area (Å²) in [6.45, 7) is 5.57. The molecule has 1 aromatic carbocycles. The Bertz CT molecular complexity index is 639. The van der Waals surface area contributed by atoms with Crippen LogP contribution in [0, 0.1) is 6.92 Å². The zero-order valence-corrected chi connectivity index (χ0v) is 13.3. The van der Waals surface area contributed by atoms with Crippen LogP contribution >= 0.6 is 23.2 Å². The molecule has 21 heavy (non-hydrogen) atoms. The van der Waals surface area contributed by atoms with Gasteiger partial charge in [-0.3, -0.25) is 0 Å². The van der Waals surface area contributed by atoms with Gasteiger partial charge < -0.3 is 9.80 Å². The highest BCUT2D eigenvalue weighted by molar-refractivity contribution is 6.43. The molecule has 3 rings (SSSR count). The molecule has 1 fully saturated rings. The molecule has 1 aliphatic heterocycles. The average Bonchev–Trinajstić information content (AvgIpc) is 2.50. The lowest BCUT2D eigenvalue weighted by molar-refractivity contribution is 0.646. The first-order valence-electron chi connectivity index (χ1n) is 6.88. The molecule has 0 bridgehead atoms. The first kappa shape index (κ1) is 14.4. The summed E-state index contributed by atoms with van der Waals surface area (Å²) < 4.78 is 0. The van der Waals surface area contributed by atoms with Gasteiger partial charge in [0, 0.05) is 37.9 Å². The third-order valence-electron chi connectivity index (χ3n) is 3.66. The van der Waals surface area contributed by atoms with Gasteiger partial charge in [0.15, 0.2) is 0 Å². The zero-order valence-electron chi connectivity index (χ0n) is 11.8. The zero-order chi connectivity index (χ0) is 14.8. The Morgan fingerprint density at radius 2 is 1.71 bits per heavy atom. The highest BCUT2D eigenvalue weighted by Gasteiger charge is 2.20. The molecule has 110 valence electrons. The molecule has 0 unspecified atom stereocenters. The minimum Gasteiger partial charge on any atom is -0.367 e. The predicted octanol–water partition coefficient (Wildman–Crippen LogP) is 3.42. The van der Waals surface area contributed by atoms with Crippen molar-refractivity contribution in [3.63, 3.8) is 0 Å². The number of anilines is 2. The van der Waals surface area contributed by atoms with Crippen molar-refractivity contribution >= 4 is 34.7 Å². The first-order chi connectivity index (χ1) is 10.1. The number of benzene rings is 1. The minimum absolute atomic E-state index is 0.600. The van der Waals surface area contributed by atoms with E-state index in [9.17, 15) is 0 Å². The maximum absolute atomic E-state index is 6.29. The molecule has 1 aliphatic rings. The molecule has 1 aromatic heterocycles. The van der Waals surface area contributed by atoms with Crippen LogP contribution in [0.5, 0.6) is 0 Å². The molecule has 0 saturated carbocycles. The summed E-state index contributed by atoms with van der Waals surface area (Å²) in [7, 11) is 0. The summed E-state index contributed by atoms with van der Waals surface area (Å²) in [6, 6.07) is 7.78. The van der Waals surface area contributed by atoms with Gasteiger partial charge in [0.1, 0.15) is 12.1 Å². The molecule has 0 aliphatic carbocycles. The first-order valence-corrected chi connectivity index (χ1v) is 7.63. The number of aromatic nitrogens is 2. The number of aryl methyl sites for hydroxylation is 1. The number of piperazine rings is 1. The minimum atomic E-state index is 0.600. The summed E-state index contributed by atoms with van der Waals surface area (Å²) in [5.41, 5.74) is 1.99. The van der Waals surface area contributed by atoms with Crippen LogP contribution in [-0.2, 0) is 0 Å². The van der Waals surface area contributed by atoms with Crippen molar-refractivity contribution in [2.75, 3.05) is 36.0 Å². The van der Waals surface area contributed by atoms with Crippen LogP contribution in [0.25, 0.3) is 0 Å². The Labute approximate surface area is 134 Å². The summed E-state index contributed by atoms with van der Waals surface area (Å²) >= 11 is 12.4. The molecule has 4 nitrogen and oxygen atoms in total. The van der Waals surface area contributed by atoms with Crippen LogP contribution in [0.15, 0.2) is 30.6 Å². The largest absolute Gasteiger partial charge is 0.367 e.